The summed E-state index contributed by atoms with van der Waals surface area (Å²) >= 11 is 0.995. The van der Waals surface area contributed by atoms with Crippen molar-refractivity contribution in [1.82, 2.24) is 14.8 Å². The Balaban J connectivity index is 1.94. The Morgan fingerprint density at radius 1 is 1.14 bits per heavy atom. The first-order chi connectivity index (χ1) is 13.2. The molecule has 142 valence electrons. The number of hydrogen-bond acceptors (Lipinski definition) is 5. The van der Waals surface area contributed by atoms with E-state index in [1.54, 1.807) is 18.2 Å². The summed E-state index contributed by atoms with van der Waals surface area (Å²) in [7, 11) is 0. The van der Waals surface area contributed by atoms with E-state index in [2.05, 4.69) is 10.1 Å². The Bertz CT molecular complexity index is 1290. The minimum atomic E-state index is -4.51. The molecule has 28 heavy (non-hydrogen) atoms. The molecule has 4 rings (SSSR count). The molecule has 0 radical (unpaired) electrons. The van der Waals surface area contributed by atoms with Crippen molar-refractivity contribution in [3.8, 4) is 5.13 Å². The summed E-state index contributed by atoms with van der Waals surface area (Å²) < 4.78 is 40.1. The van der Waals surface area contributed by atoms with E-state index in [9.17, 15) is 22.8 Å². The van der Waals surface area contributed by atoms with E-state index >= 15 is 0 Å². The first-order valence-corrected chi connectivity index (χ1v) is 8.76. The fourth-order valence-corrected chi connectivity index (χ4v) is 3.74. The zero-order valence-corrected chi connectivity index (χ0v) is 14.7. The van der Waals surface area contributed by atoms with Gasteiger partial charge >= 0.3 is 12.1 Å². The van der Waals surface area contributed by atoms with Gasteiger partial charge in [0.1, 0.15) is 0 Å². The molecule has 1 N–H and O–H groups in total. The molecule has 0 saturated heterocycles. The van der Waals surface area contributed by atoms with E-state index in [0.29, 0.717) is 10.1 Å². The van der Waals surface area contributed by atoms with Gasteiger partial charge in [-0.1, -0.05) is 29.5 Å². The Morgan fingerprint density at radius 2 is 1.86 bits per heavy atom. The van der Waals surface area contributed by atoms with Gasteiger partial charge in [-0.3, -0.25) is 9.59 Å². The smallest absolute Gasteiger partial charge is 0.416 e. The van der Waals surface area contributed by atoms with Gasteiger partial charge in [0.05, 0.1) is 33.3 Å². The van der Waals surface area contributed by atoms with Gasteiger partial charge in [0.15, 0.2) is 0 Å². The van der Waals surface area contributed by atoms with Crippen LogP contribution in [0.1, 0.15) is 11.3 Å². The SMILES string of the molecule is O=C(O)Cc1nn(-c2nc3cc(C(F)(F)F)ccc3s2)c(=O)c2ccccc12. The number of aliphatic carboxylic acids is 1. The molecule has 0 fully saturated rings. The summed E-state index contributed by atoms with van der Waals surface area (Å²) in [6, 6.07) is 9.55. The van der Waals surface area contributed by atoms with E-state index in [1.807, 2.05) is 0 Å². The second kappa shape index (κ2) is 6.41. The lowest BCUT2D eigenvalue weighted by atomic mass is 10.1. The Morgan fingerprint density at radius 3 is 2.54 bits per heavy atom. The Labute approximate surface area is 158 Å². The molecule has 0 amide bonds. The van der Waals surface area contributed by atoms with Crippen LogP contribution in [-0.4, -0.2) is 25.8 Å². The fourth-order valence-electron chi connectivity index (χ4n) is 2.84. The Hall–Kier alpha value is -3.27. The number of carboxylic acid groups (broad SMARTS) is 1. The minimum Gasteiger partial charge on any atom is -0.481 e. The number of aromatic nitrogens is 3. The summed E-state index contributed by atoms with van der Waals surface area (Å²) in [5.41, 5.74) is -1.13. The molecule has 10 heteroatoms. The molecule has 2 heterocycles. The first-order valence-electron chi connectivity index (χ1n) is 7.95. The predicted octanol–water partition coefficient (Wildman–Crippen LogP) is 3.64. The van der Waals surface area contributed by atoms with Crippen LogP contribution in [0.2, 0.25) is 0 Å². The van der Waals surface area contributed by atoms with Crippen LogP contribution in [0.4, 0.5) is 13.2 Å². The van der Waals surface area contributed by atoms with Crippen molar-refractivity contribution in [2.45, 2.75) is 12.6 Å². The molecule has 0 bridgehead atoms. The van der Waals surface area contributed by atoms with E-state index in [1.165, 1.54) is 12.1 Å². The van der Waals surface area contributed by atoms with Crippen LogP contribution in [0, 0.1) is 0 Å². The molecule has 4 aromatic rings. The lowest BCUT2D eigenvalue weighted by Gasteiger charge is -2.07. The highest BCUT2D eigenvalue weighted by molar-refractivity contribution is 7.20. The van der Waals surface area contributed by atoms with Crippen LogP contribution in [0.15, 0.2) is 47.3 Å². The van der Waals surface area contributed by atoms with Crippen molar-refractivity contribution in [3.63, 3.8) is 0 Å². The maximum absolute atomic E-state index is 12.9. The molecule has 2 aromatic heterocycles. The van der Waals surface area contributed by atoms with Gasteiger partial charge in [-0.25, -0.2) is 4.98 Å². The number of nitrogens with zero attached hydrogens (tertiary/aromatic N) is 3. The quantitative estimate of drug-likeness (QED) is 0.563. The van der Waals surface area contributed by atoms with Crippen molar-refractivity contribution < 1.29 is 23.1 Å². The fraction of sp³-hybridized carbons (Fsp3) is 0.111. The van der Waals surface area contributed by atoms with Crippen molar-refractivity contribution in [2.75, 3.05) is 0 Å². The van der Waals surface area contributed by atoms with Crippen LogP contribution < -0.4 is 5.56 Å². The number of carboxylic acids is 1. The Kier molecular flexibility index (Phi) is 4.15. The van der Waals surface area contributed by atoms with Crippen LogP contribution in [-0.2, 0) is 17.4 Å². The molecular formula is C18H10F3N3O3S. The summed E-state index contributed by atoms with van der Waals surface area (Å²) in [6.07, 6.45) is -4.92. The maximum atomic E-state index is 12.9. The molecule has 0 atom stereocenters. The zero-order chi connectivity index (χ0) is 20.1. The van der Waals surface area contributed by atoms with E-state index in [-0.39, 0.29) is 21.7 Å². The summed E-state index contributed by atoms with van der Waals surface area (Å²) in [5, 5.41) is 14.0. The minimum absolute atomic E-state index is 0.0664. The van der Waals surface area contributed by atoms with Crippen LogP contribution >= 0.6 is 11.3 Å². The average Bonchev–Trinajstić information content (AvgIpc) is 3.06. The van der Waals surface area contributed by atoms with Gasteiger partial charge in [0, 0.05) is 5.39 Å². The van der Waals surface area contributed by atoms with Crippen molar-refractivity contribution in [3.05, 3.63) is 64.1 Å². The van der Waals surface area contributed by atoms with Crippen LogP contribution in [0.5, 0.6) is 0 Å². The van der Waals surface area contributed by atoms with Crippen LogP contribution in [0.25, 0.3) is 26.1 Å². The molecule has 0 unspecified atom stereocenters. The van der Waals surface area contributed by atoms with Gasteiger partial charge in [-0.2, -0.15) is 23.0 Å². The van der Waals surface area contributed by atoms with E-state index < -0.39 is 29.7 Å². The summed E-state index contributed by atoms with van der Waals surface area (Å²) in [5.74, 6) is -1.12. The van der Waals surface area contributed by atoms with Gasteiger partial charge in [-0.05, 0) is 24.3 Å². The van der Waals surface area contributed by atoms with E-state index in [0.717, 1.165) is 28.2 Å². The highest BCUT2D eigenvalue weighted by Crippen LogP contribution is 2.33. The number of hydrogen-bond donors (Lipinski definition) is 1. The third-order valence-corrected chi connectivity index (χ3v) is 5.10. The maximum Gasteiger partial charge on any atom is 0.416 e. The standard InChI is InChI=1S/C18H10F3N3O3S/c19-18(20,21)9-5-6-14-13(7-9)22-17(28-14)24-16(27)11-4-2-1-3-10(11)12(23-24)8-15(25)26/h1-7H,8H2,(H,25,26). The summed E-state index contributed by atoms with van der Waals surface area (Å²) in [6.45, 7) is 0. The van der Waals surface area contributed by atoms with Gasteiger partial charge < -0.3 is 5.11 Å². The number of halogens is 3. The highest BCUT2D eigenvalue weighted by atomic mass is 32.1. The molecule has 6 nitrogen and oxygen atoms in total. The van der Waals surface area contributed by atoms with Crippen LogP contribution in [0.3, 0.4) is 0 Å². The first kappa shape index (κ1) is 18.1. The normalized spacial score (nSPS) is 12.0. The second-order valence-corrected chi connectivity index (χ2v) is 6.97. The monoisotopic (exact) mass is 405 g/mol. The van der Waals surface area contributed by atoms with E-state index in [4.69, 9.17) is 5.11 Å². The second-order valence-electron chi connectivity index (χ2n) is 5.96. The van der Waals surface area contributed by atoms with Crippen molar-refractivity contribution in [2.24, 2.45) is 0 Å². The average molecular weight is 405 g/mol. The van der Waals surface area contributed by atoms with Crippen molar-refractivity contribution >= 4 is 38.3 Å². The molecule has 0 aliphatic rings. The molecule has 0 spiro atoms. The summed E-state index contributed by atoms with van der Waals surface area (Å²) in [4.78, 5) is 28.1. The number of fused-ring (bicyclic) bond motifs is 2. The third-order valence-electron chi connectivity index (χ3n) is 4.08. The van der Waals surface area contributed by atoms with Gasteiger partial charge in [-0.15, -0.1) is 0 Å². The third kappa shape index (κ3) is 3.11. The number of thiazole rings is 1. The zero-order valence-electron chi connectivity index (χ0n) is 13.9. The van der Waals surface area contributed by atoms with Gasteiger partial charge in [0.2, 0.25) is 5.13 Å². The predicted molar refractivity (Wildman–Crippen MR) is 96.9 cm³/mol. The number of rotatable bonds is 3. The molecule has 2 aromatic carbocycles. The van der Waals surface area contributed by atoms with Gasteiger partial charge in [0.25, 0.3) is 5.56 Å². The molecular weight excluding hydrogens is 395 g/mol. The number of alkyl halides is 3. The molecule has 0 aliphatic carbocycles. The number of benzene rings is 2. The lowest BCUT2D eigenvalue weighted by Crippen LogP contribution is -2.23. The van der Waals surface area contributed by atoms with Crippen molar-refractivity contribution in [1.29, 1.82) is 0 Å². The molecule has 0 saturated carbocycles. The molecule has 0 aliphatic heterocycles. The number of carbonyl (C=O) groups is 1. The largest absolute Gasteiger partial charge is 0.481 e. The topological polar surface area (TPSA) is 85.1 Å². The highest BCUT2D eigenvalue weighted by Gasteiger charge is 2.31. The lowest BCUT2D eigenvalue weighted by molar-refractivity contribution is -0.138.